The number of rotatable bonds is 5. The van der Waals surface area contributed by atoms with E-state index in [4.69, 9.17) is 23.7 Å². The molecule has 2 saturated heterocycles. The monoisotopic (exact) mass is 345 g/mol. The summed E-state index contributed by atoms with van der Waals surface area (Å²) >= 11 is 4.62. The molecule has 0 aromatic carbocycles. The third-order valence-electron chi connectivity index (χ3n) is 3.38. The lowest BCUT2D eigenvalue weighted by atomic mass is 10.0. The van der Waals surface area contributed by atoms with E-state index in [2.05, 4.69) is 22.4 Å². The summed E-state index contributed by atoms with van der Waals surface area (Å²) in [5, 5.41) is 2.24. The highest BCUT2D eigenvalue weighted by molar-refractivity contribution is 7.78. The Morgan fingerprint density at radius 1 is 1.30 bits per heavy atom. The molecule has 0 bridgehead atoms. The van der Waals surface area contributed by atoms with Gasteiger partial charge in [0.25, 0.3) is 0 Å². The highest BCUT2D eigenvalue weighted by Crippen LogP contribution is 2.40. The Hall–Kier alpha value is -1.38. The molecule has 128 valence electrons. The molecule has 2 fully saturated rings. The van der Waals surface area contributed by atoms with E-state index < -0.39 is 48.4 Å². The number of carbonyl (C=O) groups is 2. The van der Waals surface area contributed by atoms with E-state index in [1.54, 1.807) is 13.8 Å². The van der Waals surface area contributed by atoms with Gasteiger partial charge in [-0.05, 0) is 26.1 Å². The Kier molecular flexibility index (Phi) is 5.49. The zero-order valence-corrected chi connectivity index (χ0v) is 14.1. The van der Waals surface area contributed by atoms with Gasteiger partial charge in [-0.15, -0.1) is 0 Å². The van der Waals surface area contributed by atoms with Crippen molar-refractivity contribution in [1.82, 2.24) is 0 Å². The first kappa shape index (κ1) is 18.0. The number of nitrogens with zero attached hydrogens (tertiary/aromatic N) is 1. The number of carbonyl (C=O) groups excluding carboxylic acids is 2. The Balaban J connectivity index is 2.19. The predicted octanol–water partition coefficient (Wildman–Crippen LogP) is 0.829. The number of isothiocyanates is 1. The van der Waals surface area contributed by atoms with E-state index in [-0.39, 0.29) is 6.61 Å². The largest absolute Gasteiger partial charge is 0.463 e. The van der Waals surface area contributed by atoms with Gasteiger partial charge in [0.15, 0.2) is 24.3 Å². The van der Waals surface area contributed by atoms with E-state index in [9.17, 15) is 9.59 Å². The Morgan fingerprint density at radius 2 is 2.00 bits per heavy atom. The molecule has 2 rings (SSSR count). The van der Waals surface area contributed by atoms with Gasteiger partial charge >= 0.3 is 11.9 Å². The number of hydrogen-bond acceptors (Lipinski definition) is 9. The van der Waals surface area contributed by atoms with Crippen LogP contribution in [0.5, 0.6) is 0 Å². The molecular weight excluding hydrogens is 326 g/mol. The van der Waals surface area contributed by atoms with Crippen molar-refractivity contribution < 1.29 is 33.3 Å². The molecule has 5 atom stereocenters. The first-order valence-corrected chi connectivity index (χ1v) is 7.53. The fourth-order valence-electron chi connectivity index (χ4n) is 2.62. The van der Waals surface area contributed by atoms with Crippen molar-refractivity contribution in [2.45, 2.75) is 64.1 Å². The Bertz CT molecular complexity index is 531. The smallest absolute Gasteiger partial charge is 0.303 e. The lowest BCUT2D eigenvalue weighted by Crippen LogP contribution is -2.44. The Labute approximate surface area is 139 Å². The topological polar surface area (TPSA) is 92.7 Å². The van der Waals surface area contributed by atoms with Gasteiger partial charge in [0, 0.05) is 13.8 Å². The lowest BCUT2D eigenvalue weighted by molar-refractivity contribution is -0.221. The molecule has 9 heteroatoms. The molecule has 0 amide bonds. The minimum Gasteiger partial charge on any atom is -0.463 e. The zero-order chi connectivity index (χ0) is 17.2. The SMILES string of the molecule is CC(=O)OC[C@@H](N=C=S)[C@H]1O[C@@H]2OC(C)(C)O[C@@H]2[C@H]1OC(C)=O. The van der Waals surface area contributed by atoms with Crippen molar-refractivity contribution in [2.24, 2.45) is 4.99 Å². The summed E-state index contributed by atoms with van der Waals surface area (Å²) < 4.78 is 27.5. The molecule has 0 aromatic heterocycles. The molecule has 0 spiro atoms. The number of thiocarbonyl (C=S) groups is 1. The molecule has 8 nitrogen and oxygen atoms in total. The number of hydrogen-bond donors (Lipinski definition) is 0. The second kappa shape index (κ2) is 7.02. The molecule has 0 aromatic rings. The average Bonchev–Trinajstić information content (AvgIpc) is 2.87. The summed E-state index contributed by atoms with van der Waals surface area (Å²) in [4.78, 5) is 26.4. The van der Waals surface area contributed by atoms with E-state index in [1.807, 2.05) is 0 Å². The predicted molar refractivity (Wildman–Crippen MR) is 79.7 cm³/mol. The van der Waals surface area contributed by atoms with Gasteiger partial charge in [-0.1, -0.05) is 0 Å². The van der Waals surface area contributed by atoms with Crippen LogP contribution in [0.15, 0.2) is 4.99 Å². The van der Waals surface area contributed by atoms with Crippen LogP contribution in [0.2, 0.25) is 0 Å². The van der Waals surface area contributed by atoms with Gasteiger partial charge in [-0.2, -0.15) is 0 Å². The molecule has 2 heterocycles. The minimum atomic E-state index is -0.850. The lowest BCUT2D eigenvalue weighted by Gasteiger charge is -2.28. The second-order valence-electron chi connectivity index (χ2n) is 5.73. The van der Waals surface area contributed by atoms with E-state index in [0.717, 1.165) is 0 Å². The second-order valence-corrected chi connectivity index (χ2v) is 5.92. The van der Waals surface area contributed by atoms with Gasteiger partial charge in [0.05, 0.1) is 5.16 Å². The molecule has 2 aliphatic rings. The van der Waals surface area contributed by atoms with E-state index >= 15 is 0 Å². The maximum atomic E-state index is 11.4. The van der Waals surface area contributed by atoms with Crippen molar-refractivity contribution in [3.8, 4) is 0 Å². The van der Waals surface area contributed by atoms with Gasteiger partial charge in [-0.3, -0.25) is 9.59 Å². The highest BCUT2D eigenvalue weighted by Gasteiger charge is 2.58. The van der Waals surface area contributed by atoms with Crippen molar-refractivity contribution in [3.05, 3.63) is 0 Å². The zero-order valence-electron chi connectivity index (χ0n) is 13.3. The first-order chi connectivity index (χ1) is 10.7. The van der Waals surface area contributed by atoms with Crippen LogP contribution < -0.4 is 0 Å². The summed E-state index contributed by atoms with van der Waals surface area (Å²) in [5.41, 5.74) is 0. The molecule has 0 N–H and O–H groups in total. The molecule has 0 unspecified atom stereocenters. The van der Waals surface area contributed by atoms with Crippen molar-refractivity contribution >= 4 is 29.3 Å². The summed E-state index contributed by atoms with van der Waals surface area (Å²) in [6.07, 6.45) is -2.79. The molecule has 0 radical (unpaired) electrons. The molecule has 0 saturated carbocycles. The number of fused-ring (bicyclic) bond motifs is 1. The molecule has 23 heavy (non-hydrogen) atoms. The van der Waals surface area contributed by atoms with Crippen molar-refractivity contribution in [1.29, 1.82) is 0 Å². The standard InChI is InChI=1S/C14H19NO7S/c1-7(16)18-5-9(15-6-23)10-11(19-8(2)17)12-13(20-10)22-14(3,4)21-12/h9-13H,5H2,1-4H3/t9-,10-,11+,12-,13-/m1/s1. The van der Waals surface area contributed by atoms with Gasteiger partial charge in [-0.25, -0.2) is 4.99 Å². The van der Waals surface area contributed by atoms with Crippen molar-refractivity contribution in [2.75, 3.05) is 6.61 Å². The summed E-state index contributed by atoms with van der Waals surface area (Å²) in [5.74, 6) is -1.81. The van der Waals surface area contributed by atoms with Crippen LogP contribution in [0.3, 0.4) is 0 Å². The van der Waals surface area contributed by atoms with E-state index in [1.165, 1.54) is 13.8 Å². The van der Waals surface area contributed by atoms with Crippen molar-refractivity contribution in [3.63, 3.8) is 0 Å². The maximum Gasteiger partial charge on any atom is 0.303 e. The number of ether oxygens (including phenoxy) is 5. The van der Waals surface area contributed by atoms with Gasteiger partial charge < -0.3 is 23.7 Å². The van der Waals surface area contributed by atoms with Crippen LogP contribution in [0, 0.1) is 0 Å². The van der Waals surface area contributed by atoms with Crippen LogP contribution in [0.1, 0.15) is 27.7 Å². The van der Waals surface area contributed by atoms with Crippen LogP contribution in [-0.4, -0.2) is 60.1 Å². The van der Waals surface area contributed by atoms with E-state index in [0.29, 0.717) is 0 Å². The number of esters is 2. The van der Waals surface area contributed by atoms with Crippen LogP contribution >= 0.6 is 12.2 Å². The van der Waals surface area contributed by atoms with Crippen LogP contribution in [0.4, 0.5) is 0 Å². The quantitative estimate of drug-likeness (QED) is 0.411. The van der Waals surface area contributed by atoms with Crippen LogP contribution in [-0.2, 0) is 33.3 Å². The third kappa shape index (κ3) is 4.33. The fourth-order valence-corrected chi connectivity index (χ4v) is 2.75. The summed E-state index contributed by atoms with van der Waals surface area (Å²) in [6, 6.07) is -0.679. The third-order valence-corrected chi connectivity index (χ3v) is 3.49. The van der Waals surface area contributed by atoms with Gasteiger partial charge in [0.2, 0.25) is 0 Å². The Morgan fingerprint density at radius 3 is 2.57 bits per heavy atom. The average molecular weight is 345 g/mol. The normalized spacial score (nSPS) is 32.5. The fraction of sp³-hybridized carbons (Fsp3) is 0.786. The molecule has 0 aliphatic carbocycles. The summed E-state index contributed by atoms with van der Waals surface area (Å²) in [6.45, 7) is 5.96. The highest BCUT2D eigenvalue weighted by atomic mass is 32.1. The van der Waals surface area contributed by atoms with Crippen LogP contribution in [0.25, 0.3) is 0 Å². The molecule has 2 aliphatic heterocycles. The van der Waals surface area contributed by atoms with Gasteiger partial charge in [0.1, 0.15) is 18.8 Å². The minimum absolute atomic E-state index is 0.0791. The number of aliphatic imine (C=N–C) groups is 1. The summed E-state index contributed by atoms with van der Waals surface area (Å²) in [7, 11) is 0. The maximum absolute atomic E-state index is 11.4. The molecular formula is C14H19NO7S. The first-order valence-electron chi connectivity index (χ1n) is 7.12.